The average molecular weight is 162 g/mol. The maximum Gasteiger partial charge on any atom is 0.138 e. The summed E-state index contributed by atoms with van der Waals surface area (Å²) in [6.07, 6.45) is 0.757. The monoisotopic (exact) mass is 162 g/mol. The van der Waals surface area contributed by atoms with Gasteiger partial charge in [-0.2, -0.15) is 0 Å². The van der Waals surface area contributed by atoms with Gasteiger partial charge in [0.1, 0.15) is 5.82 Å². The average Bonchev–Trinajstić information content (AvgIpc) is 2.07. The molecule has 0 amide bonds. The Kier molecular flexibility index (Phi) is 2.88. The van der Waals surface area contributed by atoms with Gasteiger partial charge in [0.2, 0.25) is 0 Å². The molecule has 0 spiro atoms. The van der Waals surface area contributed by atoms with Crippen LogP contribution in [-0.4, -0.2) is 0 Å². The van der Waals surface area contributed by atoms with E-state index < -0.39 is 0 Å². The van der Waals surface area contributed by atoms with Crippen LogP contribution in [0.3, 0.4) is 0 Å². The predicted molar refractivity (Wildman–Crippen MR) is 48.3 cm³/mol. The molecule has 1 heteroatoms. The van der Waals surface area contributed by atoms with Crippen molar-refractivity contribution in [3.63, 3.8) is 0 Å². The summed E-state index contributed by atoms with van der Waals surface area (Å²) in [4.78, 5) is 0. The van der Waals surface area contributed by atoms with E-state index in [1.807, 2.05) is 13.8 Å². The maximum atomic E-state index is 13.0. The van der Waals surface area contributed by atoms with Crippen LogP contribution in [0.4, 0.5) is 4.39 Å². The zero-order valence-corrected chi connectivity index (χ0v) is 7.32. The van der Waals surface area contributed by atoms with Crippen LogP contribution >= 0.6 is 0 Å². The third-order valence-electron chi connectivity index (χ3n) is 1.52. The van der Waals surface area contributed by atoms with Crippen LogP contribution in [0.2, 0.25) is 0 Å². The highest BCUT2D eigenvalue weighted by Crippen LogP contribution is 2.08. The summed E-state index contributed by atoms with van der Waals surface area (Å²) in [5.41, 5.74) is 1.54. The molecule has 62 valence electrons. The zero-order chi connectivity index (χ0) is 8.97. The van der Waals surface area contributed by atoms with Crippen molar-refractivity contribution in [2.24, 2.45) is 0 Å². The van der Waals surface area contributed by atoms with Gasteiger partial charge in [0.05, 0.1) is 5.56 Å². The van der Waals surface area contributed by atoms with E-state index >= 15 is 0 Å². The highest BCUT2D eigenvalue weighted by molar-refractivity contribution is 5.37. The third kappa shape index (κ3) is 2.10. The number of hydrogen-bond acceptors (Lipinski definition) is 0. The van der Waals surface area contributed by atoms with Gasteiger partial charge in [-0.15, -0.1) is 0 Å². The third-order valence-corrected chi connectivity index (χ3v) is 1.52. The van der Waals surface area contributed by atoms with Crippen molar-refractivity contribution in [1.29, 1.82) is 0 Å². The van der Waals surface area contributed by atoms with Crippen molar-refractivity contribution in [2.75, 3.05) is 0 Å². The number of aryl methyl sites for hydroxylation is 1. The molecule has 0 radical (unpaired) electrons. The number of benzene rings is 1. The summed E-state index contributed by atoms with van der Waals surface area (Å²) < 4.78 is 13.0. The van der Waals surface area contributed by atoms with E-state index in [0.717, 1.165) is 12.0 Å². The molecule has 0 aliphatic rings. The molecule has 1 aromatic carbocycles. The highest BCUT2D eigenvalue weighted by Gasteiger charge is 1.96. The molecule has 0 fully saturated rings. The molecule has 0 saturated heterocycles. The van der Waals surface area contributed by atoms with Crippen LogP contribution in [-0.2, 0) is 0 Å². The molecule has 0 unspecified atom stereocenters. The summed E-state index contributed by atoms with van der Waals surface area (Å²) in [5, 5.41) is 0. The number of rotatable bonds is 0. The Bertz CT molecular complexity index is 329. The Balaban J connectivity index is 3.05. The van der Waals surface area contributed by atoms with Gasteiger partial charge in [-0.3, -0.25) is 0 Å². The molecule has 0 aliphatic heterocycles. The minimum atomic E-state index is -0.235. The largest absolute Gasteiger partial charge is 0.206 e. The van der Waals surface area contributed by atoms with E-state index in [1.54, 1.807) is 12.1 Å². The number of halogens is 1. The van der Waals surface area contributed by atoms with Crippen LogP contribution < -0.4 is 0 Å². The molecule has 0 aliphatic carbocycles. The molecule has 0 aromatic heterocycles. The lowest BCUT2D eigenvalue weighted by Crippen LogP contribution is -1.83. The first kappa shape index (κ1) is 8.80. The van der Waals surface area contributed by atoms with Crippen LogP contribution in [0.5, 0.6) is 0 Å². The molecule has 1 rings (SSSR count). The topological polar surface area (TPSA) is 0 Å². The molecular weight excluding hydrogens is 151 g/mol. The molecule has 0 N–H and O–H groups in total. The molecular formula is C11H11F. The van der Waals surface area contributed by atoms with Gasteiger partial charge in [-0.25, -0.2) is 4.39 Å². The van der Waals surface area contributed by atoms with E-state index in [4.69, 9.17) is 0 Å². The smallest absolute Gasteiger partial charge is 0.138 e. The van der Waals surface area contributed by atoms with E-state index in [9.17, 15) is 4.39 Å². The molecule has 0 atom stereocenters. The van der Waals surface area contributed by atoms with Crippen molar-refractivity contribution in [2.45, 2.75) is 20.3 Å². The van der Waals surface area contributed by atoms with Gasteiger partial charge in [0, 0.05) is 6.42 Å². The Labute approximate surface area is 72.4 Å². The Morgan fingerprint density at radius 3 is 2.83 bits per heavy atom. The minimum Gasteiger partial charge on any atom is -0.206 e. The molecule has 1 aromatic rings. The first-order valence-electron chi connectivity index (χ1n) is 3.99. The summed E-state index contributed by atoms with van der Waals surface area (Å²) >= 11 is 0. The minimum absolute atomic E-state index is 0.235. The fourth-order valence-electron chi connectivity index (χ4n) is 0.919. The van der Waals surface area contributed by atoms with Crippen molar-refractivity contribution in [3.8, 4) is 11.8 Å². The van der Waals surface area contributed by atoms with Gasteiger partial charge in [-0.05, 0) is 24.6 Å². The van der Waals surface area contributed by atoms with Crippen molar-refractivity contribution in [3.05, 3.63) is 35.1 Å². The highest BCUT2D eigenvalue weighted by atomic mass is 19.1. The van der Waals surface area contributed by atoms with Gasteiger partial charge < -0.3 is 0 Å². The Morgan fingerprint density at radius 1 is 1.42 bits per heavy atom. The summed E-state index contributed by atoms with van der Waals surface area (Å²) in [7, 11) is 0. The quantitative estimate of drug-likeness (QED) is 0.514. The van der Waals surface area contributed by atoms with Gasteiger partial charge in [0.25, 0.3) is 0 Å². The first-order chi connectivity index (χ1) is 5.74. The summed E-state index contributed by atoms with van der Waals surface area (Å²) in [6.45, 7) is 3.87. The Morgan fingerprint density at radius 2 is 2.17 bits per heavy atom. The SMILES string of the molecule is CCC#Cc1cc(C)ccc1F. The second-order valence-electron chi connectivity index (χ2n) is 2.64. The van der Waals surface area contributed by atoms with Crippen molar-refractivity contribution < 1.29 is 4.39 Å². The molecule has 0 saturated carbocycles. The van der Waals surface area contributed by atoms with Crippen LogP contribution in [0.15, 0.2) is 18.2 Å². The van der Waals surface area contributed by atoms with Crippen LogP contribution in [0, 0.1) is 24.6 Å². The second kappa shape index (κ2) is 3.92. The first-order valence-corrected chi connectivity index (χ1v) is 3.99. The fraction of sp³-hybridized carbons (Fsp3) is 0.273. The predicted octanol–water partition coefficient (Wildman–Crippen LogP) is 2.90. The lowest BCUT2D eigenvalue weighted by molar-refractivity contribution is 0.624. The van der Waals surface area contributed by atoms with Crippen LogP contribution in [0.1, 0.15) is 24.5 Å². The summed E-state index contributed by atoms with van der Waals surface area (Å²) in [6, 6.07) is 4.96. The van der Waals surface area contributed by atoms with Gasteiger partial charge in [-0.1, -0.05) is 24.8 Å². The summed E-state index contributed by atoms with van der Waals surface area (Å²) in [5.74, 6) is 5.39. The molecule has 12 heavy (non-hydrogen) atoms. The van der Waals surface area contributed by atoms with E-state index in [0.29, 0.717) is 5.56 Å². The van der Waals surface area contributed by atoms with Crippen molar-refractivity contribution in [1.82, 2.24) is 0 Å². The second-order valence-corrected chi connectivity index (χ2v) is 2.64. The molecule has 0 bridgehead atoms. The lowest BCUT2D eigenvalue weighted by atomic mass is 10.1. The fourth-order valence-corrected chi connectivity index (χ4v) is 0.919. The standard InChI is InChI=1S/C11H11F/c1-3-4-5-10-8-9(2)6-7-11(10)12/h6-8H,3H2,1-2H3. The zero-order valence-electron chi connectivity index (χ0n) is 7.32. The lowest BCUT2D eigenvalue weighted by Gasteiger charge is -1.95. The van der Waals surface area contributed by atoms with Crippen LogP contribution in [0.25, 0.3) is 0 Å². The van der Waals surface area contributed by atoms with Gasteiger partial charge >= 0.3 is 0 Å². The molecule has 0 nitrogen and oxygen atoms in total. The van der Waals surface area contributed by atoms with Crippen molar-refractivity contribution >= 4 is 0 Å². The normalized spacial score (nSPS) is 8.92. The molecule has 0 heterocycles. The van der Waals surface area contributed by atoms with E-state index in [-0.39, 0.29) is 5.82 Å². The van der Waals surface area contributed by atoms with E-state index in [1.165, 1.54) is 6.07 Å². The van der Waals surface area contributed by atoms with Gasteiger partial charge in [0.15, 0.2) is 0 Å². The Hall–Kier alpha value is -1.29. The number of hydrogen-bond donors (Lipinski definition) is 0. The maximum absolute atomic E-state index is 13.0. The van der Waals surface area contributed by atoms with E-state index in [2.05, 4.69) is 11.8 Å².